The summed E-state index contributed by atoms with van der Waals surface area (Å²) < 4.78 is 13.7. The normalized spacial score (nSPS) is 22.4. The minimum absolute atomic E-state index is 0.111. The molecule has 0 fully saturated rings. The van der Waals surface area contributed by atoms with Gasteiger partial charge in [-0.3, -0.25) is 0 Å². The third-order valence-electron chi connectivity index (χ3n) is 6.74. The Balaban J connectivity index is 1.35. The van der Waals surface area contributed by atoms with Gasteiger partial charge in [-0.25, -0.2) is 0 Å². The molecule has 4 unspecified atom stereocenters. The fraction of sp³-hybridized carbons (Fsp3) is 0.118. The molecule has 2 aliphatic rings. The first-order valence-corrected chi connectivity index (χ1v) is 16.7. The molecule has 0 saturated heterocycles. The van der Waals surface area contributed by atoms with Crippen LogP contribution in [0.3, 0.4) is 0 Å². The molecule has 2 nitrogen and oxygen atoms in total. The quantitative estimate of drug-likeness (QED) is 0.205. The van der Waals surface area contributed by atoms with Gasteiger partial charge in [0.1, 0.15) is 21.7 Å². The highest BCUT2D eigenvalue weighted by Crippen LogP contribution is 2.60. The van der Waals surface area contributed by atoms with Gasteiger partial charge in [0.05, 0.1) is 0 Å². The summed E-state index contributed by atoms with van der Waals surface area (Å²) in [5.74, 6) is 0. The molecule has 0 aromatic heterocycles. The second kappa shape index (κ2) is 12.1. The van der Waals surface area contributed by atoms with Crippen LogP contribution >= 0.6 is 47.0 Å². The van der Waals surface area contributed by atoms with Gasteiger partial charge in [-0.1, -0.05) is 168 Å². The van der Waals surface area contributed by atoms with E-state index in [0.717, 1.165) is 0 Å². The third kappa shape index (κ3) is 5.62. The van der Waals surface area contributed by atoms with E-state index in [0.29, 0.717) is 0 Å². The van der Waals surface area contributed by atoms with E-state index in [1.165, 1.54) is 41.8 Å². The summed E-state index contributed by atoms with van der Waals surface area (Å²) >= 11 is 7.22. The molecule has 198 valence electrons. The Kier molecular flexibility index (Phi) is 7.97. The van der Waals surface area contributed by atoms with Gasteiger partial charge in [-0.15, -0.1) is 0 Å². The van der Waals surface area contributed by atoms with Crippen LogP contribution in [-0.2, 0) is 9.47 Å². The van der Waals surface area contributed by atoms with Crippen LogP contribution in [-0.4, -0.2) is 0 Å². The summed E-state index contributed by atoms with van der Waals surface area (Å²) in [7, 11) is 0. The maximum absolute atomic E-state index is 6.87. The molecule has 2 aliphatic heterocycles. The van der Waals surface area contributed by atoms with E-state index in [9.17, 15) is 0 Å². The minimum atomic E-state index is -0.137. The molecule has 6 heteroatoms. The van der Waals surface area contributed by atoms with Crippen LogP contribution in [0.5, 0.6) is 0 Å². The highest BCUT2D eigenvalue weighted by Gasteiger charge is 2.34. The van der Waals surface area contributed by atoms with Gasteiger partial charge in [0.25, 0.3) is 0 Å². The fourth-order valence-corrected chi connectivity index (χ4v) is 10.1. The van der Waals surface area contributed by atoms with E-state index < -0.39 is 0 Å². The van der Waals surface area contributed by atoms with Crippen molar-refractivity contribution in [3.05, 3.63) is 156 Å². The predicted octanol–water partition coefficient (Wildman–Crippen LogP) is 10.9. The number of fused-ring (bicyclic) bond motifs is 3. The van der Waals surface area contributed by atoms with Crippen molar-refractivity contribution in [2.75, 3.05) is 0 Å². The van der Waals surface area contributed by atoms with Gasteiger partial charge in [0.15, 0.2) is 0 Å². The van der Waals surface area contributed by atoms with Crippen molar-refractivity contribution < 1.29 is 9.47 Å². The topological polar surface area (TPSA) is 18.5 Å². The standard InChI is InChI=1S/C34H26O2S4/c1-5-13-23(14-6-1)31-35-33(25-17-9-3-10-18-25)39-29-27(37-31)21-22-28-30(29)40-34(26-19-11-4-12-20-26)36-32(38-28)24-15-7-2-8-16-24/h1-22,31-34H. The summed E-state index contributed by atoms with van der Waals surface area (Å²) in [5, 5.41) is 0. The molecule has 0 bridgehead atoms. The maximum atomic E-state index is 6.87. The van der Waals surface area contributed by atoms with Crippen LogP contribution in [0, 0.1) is 0 Å². The van der Waals surface area contributed by atoms with Crippen LogP contribution < -0.4 is 0 Å². The van der Waals surface area contributed by atoms with E-state index in [4.69, 9.17) is 9.47 Å². The Morgan fingerprint density at radius 1 is 0.325 bits per heavy atom. The largest absolute Gasteiger partial charge is 0.343 e. The number of benzene rings is 5. The van der Waals surface area contributed by atoms with Gasteiger partial charge in [0, 0.05) is 19.6 Å². The van der Waals surface area contributed by atoms with Gasteiger partial charge in [-0.05, 0) is 34.4 Å². The number of ether oxygens (including phenoxy) is 2. The zero-order valence-corrected chi connectivity index (χ0v) is 24.7. The van der Waals surface area contributed by atoms with Crippen molar-refractivity contribution in [3.8, 4) is 0 Å². The van der Waals surface area contributed by atoms with E-state index in [-0.39, 0.29) is 21.7 Å². The van der Waals surface area contributed by atoms with Crippen molar-refractivity contribution in [3.63, 3.8) is 0 Å². The van der Waals surface area contributed by atoms with Crippen LogP contribution in [0.25, 0.3) is 0 Å². The van der Waals surface area contributed by atoms with E-state index in [1.807, 2.05) is 23.5 Å². The van der Waals surface area contributed by atoms with Gasteiger partial charge in [0.2, 0.25) is 0 Å². The van der Waals surface area contributed by atoms with Crippen LogP contribution in [0.4, 0.5) is 0 Å². The number of thioether (sulfide) groups is 4. The second-order valence-electron chi connectivity index (χ2n) is 9.43. The van der Waals surface area contributed by atoms with Gasteiger partial charge >= 0.3 is 0 Å². The smallest absolute Gasteiger partial charge is 0.134 e. The van der Waals surface area contributed by atoms with Gasteiger partial charge in [-0.2, -0.15) is 0 Å². The monoisotopic (exact) mass is 594 g/mol. The summed E-state index contributed by atoms with van der Waals surface area (Å²) in [6, 6.07) is 46.8. The number of rotatable bonds is 4. The molecule has 0 aliphatic carbocycles. The molecule has 40 heavy (non-hydrogen) atoms. The van der Waals surface area contributed by atoms with Crippen LogP contribution in [0.15, 0.2) is 153 Å². The predicted molar refractivity (Wildman–Crippen MR) is 169 cm³/mol. The first-order chi connectivity index (χ1) is 19.8. The molecule has 0 spiro atoms. The van der Waals surface area contributed by atoms with Crippen molar-refractivity contribution in [2.45, 2.75) is 41.3 Å². The summed E-state index contributed by atoms with van der Waals surface area (Å²) in [4.78, 5) is 5.03. The minimum Gasteiger partial charge on any atom is -0.343 e. The lowest BCUT2D eigenvalue weighted by Crippen LogP contribution is -2.04. The molecule has 0 N–H and O–H groups in total. The Hall–Kier alpha value is -2.58. The maximum Gasteiger partial charge on any atom is 0.134 e. The van der Waals surface area contributed by atoms with E-state index in [2.05, 4.69) is 133 Å². The Bertz CT molecular complexity index is 1450. The van der Waals surface area contributed by atoms with Crippen molar-refractivity contribution in [1.29, 1.82) is 0 Å². The Morgan fingerprint density at radius 2 is 0.600 bits per heavy atom. The molecule has 7 rings (SSSR count). The summed E-state index contributed by atoms with van der Waals surface area (Å²) in [6.45, 7) is 0. The first kappa shape index (κ1) is 26.3. The van der Waals surface area contributed by atoms with Crippen LogP contribution in [0.1, 0.15) is 44.0 Å². The van der Waals surface area contributed by atoms with Crippen molar-refractivity contribution in [1.82, 2.24) is 0 Å². The average molecular weight is 595 g/mol. The molecule has 0 amide bonds. The van der Waals surface area contributed by atoms with Crippen LogP contribution in [0.2, 0.25) is 0 Å². The zero-order valence-electron chi connectivity index (χ0n) is 21.5. The lowest BCUT2D eigenvalue weighted by molar-refractivity contribution is 0.0926. The average Bonchev–Trinajstić information content (AvgIpc) is 3.36. The van der Waals surface area contributed by atoms with Crippen molar-refractivity contribution >= 4 is 47.0 Å². The zero-order chi connectivity index (χ0) is 26.7. The number of hydrogen-bond acceptors (Lipinski definition) is 6. The Morgan fingerprint density at radius 3 is 0.900 bits per heavy atom. The molecule has 0 saturated carbocycles. The van der Waals surface area contributed by atoms with E-state index >= 15 is 0 Å². The van der Waals surface area contributed by atoms with E-state index in [1.54, 1.807) is 23.5 Å². The lowest BCUT2D eigenvalue weighted by Gasteiger charge is -2.22. The summed E-state index contributed by atoms with van der Waals surface area (Å²) in [5.41, 5.74) is 4.19. The SMILES string of the molecule is c1ccc(C2OC(c3ccccc3)Sc3c(ccc4c3SC(c3ccccc3)OC(c3ccccc3)S4)S2)cc1. The van der Waals surface area contributed by atoms with Gasteiger partial charge < -0.3 is 9.47 Å². The number of hydrogen-bond donors (Lipinski definition) is 0. The first-order valence-electron chi connectivity index (χ1n) is 13.2. The molecule has 0 radical (unpaired) electrons. The molecular weight excluding hydrogens is 569 g/mol. The Labute approximate surface area is 252 Å². The second-order valence-corrected chi connectivity index (χ2v) is 13.8. The molecule has 5 aromatic rings. The molecule has 4 atom stereocenters. The van der Waals surface area contributed by atoms with Crippen molar-refractivity contribution in [2.24, 2.45) is 0 Å². The third-order valence-corrected chi connectivity index (χ3v) is 12.0. The fourth-order valence-electron chi connectivity index (χ4n) is 4.74. The molecule has 5 aromatic carbocycles. The highest BCUT2D eigenvalue weighted by molar-refractivity contribution is 8.05. The highest BCUT2D eigenvalue weighted by atomic mass is 32.2. The molecule has 2 heterocycles. The lowest BCUT2D eigenvalue weighted by atomic mass is 10.2. The molecular formula is C34H26O2S4. The summed E-state index contributed by atoms with van der Waals surface area (Å²) in [6.07, 6.45) is 0.